The van der Waals surface area contributed by atoms with Crippen LogP contribution in [0.3, 0.4) is 0 Å². The van der Waals surface area contributed by atoms with Crippen molar-refractivity contribution < 1.29 is 61.6 Å². The first-order valence-electron chi connectivity index (χ1n) is 27.1. The van der Waals surface area contributed by atoms with E-state index in [1.54, 1.807) is 0 Å². The molecule has 0 amide bonds. The monoisotopic (exact) mass is 937 g/mol. The molecule has 0 aliphatic rings. The Morgan fingerprint density at radius 2 is 0.708 bits per heavy atom. The van der Waals surface area contributed by atoms with Gasteiger partial charge in [-0.05, 0) is 76.3 Å². The van der Waals surface area contributed by atoms with Gasteiger partial charge < -0.3 is 14.0 Å². The Labute approximate surface area is 423 Å². The maximum absolute atomic E-state index is 13.1. The summed E-state index contributed by atoms with van der Waals surface area (Å²) >= 11 is 0. The van der Waals surface area contributed by atoms with Crippen molar-refractivity contribution in [3.8, 4) is 0 Å². The Balaban J connectivity index is 0.0000410. The molecule has 0 saturated carbocycles. The zero-order valence-electron chi connectivity index (χ0n) is 42.5. The van der Waals surface area contributed by atoms with Crippen LogP contribution in [0.15, 0.2) is 47.4 Å². The number of ether oxygens (including phenoxy) is 2. The molecule has 0 fully saturated rings. The molecule has 370 valence electrons. The van der Waals surface area contributed by atoms with Crippen molar-refractivity contribution in [1.29, 1.82) is 0 Å². The van der Waals surface area contributed by atoms with E-state index in [1.807, 2.05) is 0 Å². The normalized spacial score (nSPS) is 11.7. The van der Waals surface area contributed by atoms with E-state index in [9.17, 15) is 22.6 Å². The molecular weight excluding hydrogens is 840 g/mol. The minimum Gasteiger partial charge on any atom is -0.744 e. The molecule has 0 aromatic heterocycles. The predicted molar refractivity (Wildman–Crippen MR) is 269 cm³/mol. The van der Waals surface area contributed by atoms with Gasteiger partial charge >= 0.3 is 41.5 Å². The van der Waals surface area contributed by atoms with Gasteiger partial charge in [-0.25, -0.2) is 18.0 Å². The van der Waals surface area contributed by atoms with Crippen molar-refractivity contribution in [1.82, 2.24) is 0 Å². The van der Waals surface area contributed by atoms with E-state index < -0.39 is 32.5 Å². The van der Waals surface area contributed by atoms with Crippen LogP contribution in [-0.2, 0) is 19.6 Å². The number of hydrogen-bond acceptors (Lipinski definition) is 7. The molecule has 0 radical (unpaired) electrons. The largest absolute Gasteiger partial charge is 1.00 e. The molecule has 0 unspecified atom stereocenters. The second-order valence-electron chi connectivity index (χ2n) is 18.5. The molecule has 1 rings (SSSR count). The number of esters is 2. The Morgan fingerprint density at radius 1 is 0.431 bits per heavy atom. The molecule has 0 spiro atoms. The van der Waals surface area contributed by atoms with Crippen LogP contribution in [0.5, 0.6) is 0 Å². The van der Waals surface area contributed by atoms with Gasteiger partial charge in [0.1, 0.15) is 10.1 Å². The first kappa shape index (κ1) is 63.5. The summed E-state index contributed by atoms with van der Waals surface area (Å²) in [6, 6.07) is 3.65. The van der Waals surface area contributed by atoms with Gasteiger partial charge in [0.25, 0.3) is 0 Å². The summed E-state index contributed by atoms with van der Waals surface area (Å²) < 4.78 is 47.0. The van der Waals surface area contributed by atoms with Crippen LogP contribution in [0.4, 0.5) is 0 Å². The molecule has 0 atom stereocenters. The summed E-state index contributed by atoms with van der Waals surface area (Å²) in [6.07, 6.45) is 59.0. The van der Waals surface area contributed by atoms with Crippen molar-refractivity contribution in [3.05, 3.63) is 53.6 Å². The quantitative estimate of drug-likeness (QED) is 0.0210. The minimum atomic E-state index is -5.02. The van der Waals surface area contributed by atoms with E-state index in [2.05, 4.69) is 38.2 Å². The van der Waals surface area contributed by atoms with Gasteiger partial charge in [0.05, 0.1) is 29.2 Å². The van der Waals surface area contributed by atoms with E-state index in [0.717, 1.165) is 44.6 Å². The maximum Gasteiger partial charge on any atom is 1.00 e. The van der Waals surface area contributed by atoms with Gasteiger partial charge in [-0.15, -0.1) is 0 Å². The van der Waals surface area contributed by atoms with E-state index in [-0.39, 0.29) is 48.3 Å². The second kappa shape index (κ2) is 47.6. The van der Waals surface area contributed by atoms with Crippen molar-refractivity contribution >= 4 is 22.1 Å². The molecular formula is C56H97NaO7S. The number of carbonyl (C=O) groups excluding carboxylic acids is 2. The summed E-state index contributed by atoms with van der Waals surface area (Å²) in [6.45, 7) is 4.77. The van der Waals surface area contributed by atoms with Crippen molar-refractivity contribution in [2.45, 2.75) is 276 Å². The SMILES string of the molecule is CCCCC/C=C/CCCCCCCCCCCCCCCCCOC(=O)c1cccc(S(=O)(=O)[O-])c1C(=O)OCCCCCCCCCCCCCCCCC/C=C/CCCCC.[Na+]. The van der Waals surface area contributed by atoms with Crippen LogP contribution in [-0.4, -0.2) is 38.1 Å². The fourth-order valence-electron chi connectivity index (χ4n) is 8.42. The first-order valence-corrected chi connectivity index (χ1v) is 28.5. The third kappa shape index (κ3) is 39.1. The molecule has 0 aliphatic carbocycles. The number of rotatable bonds is 47. The van der Waals surface area contributed by atoms with Crippen molar-refractivity contribution in [2.75, 3.05) is 13.2 Å². The third-order valence-corrected chi connectivity index (χ3v) is 13.4. The predicted octanol–water partition coefficient (Wildman–Crippen LogP) is 14.7. The van der Waals surface area contributed by atoms with E-state index in [0.29, 0.717) is 12.8 Å². The van der Waals surface area contributed by atoms with Crippen molar-refractivity contribution in [2.24, 2.45) is 0 Å². The van der Waals surface area contributed by atoms with Gasteiger partial charge in [0.2, 0.25) is 0 Å². The Kier molecular flexibility index (Phi) is 46.5. The number of unbranched alkanes of at least 4 members (excludes halogenated alkanes) is 36. The fraction of sp³-hybridized carbons (Fsp3) is 0.786. The van der Waals surface area contributed by atoms with E-state index in [4.69, 9.17) is 9.47 Å². The van der Waals surface area contributed by atoms with Crippen LogP contribution in [0, 0.1) is 0 Å². The molecule has 0 bridgehead atoms. The van der Waals surface area contributed by atoms with E-state index >= 15 is 0 Å². The first-order chi connectivity index (χ1) is 31.3. The molecule has 1 aromatic rings. The van der Waals surface area contributed by atoms with Gasteiger partial charge in [-0.1, -0.05) is 237 Å². The molecule has 65 heavy (non-hydrogen) atoms. The maximum atomic E-state index is 13.1. The second-order valence-corrected chi connectivity index (χ2v) is 19.9. The molecule has 0 heterocycles. The van der Waals surface area contributed by atoms with Crippen LogP contribution in [0.2, 0.25) is 0 Å². The molecule has 0 saturated heterocycles. The van der Waals surface area contributed by atoms with Crippen LogP contribution in [0.1, 0.15) is 291 Å². The van der Waals surface area contributed by atoms with Gasteiger partial charge in [0.15, 0.2) is 0 Å². The van der Waals surface area contributed by atoms with E-state index in [1.165, 1.54) is 218 Å². The molecule has 0 N–H and O–H groups in total. The zero-order chi connectivity index (χ0) is 46.4. The topological polar surface area (TPSA) is 110 Å². The molecule has 1 aromatic carbocycles. The number of allylic oxidation sites excluding steroid dienone is 4. The number of benzene rings is 1. The number of hydrogen-bond donors (Lipinski definition) is 0. The molecule has 9 heteroatoms. The standard InChI is InChI=1S/C56H98O7S.Na/c1-3-5-7-9-11-13-15-17-19-21-23-25-27-29-31-33-35-37-39-41-43-45-50-62-55(57)52-48-47-49-53(64(59,60)61)54(52)56(58)63-51-46-44-42-40-38-36-34-32-30-28-26-24-22-20-18-16-14-12-10-8-6-4-2;/h11-14,47-49H,3-10,15-46,50-51H2,1-2H3,(H,59,60,61);/q;+1/p-1/b13-11+,14-12+;. The summed E-state index contributed by atoms with van der Waals surface area (Å²) in [5, 5.41) is 0. The third-order valence-electron chi connectivity index (χ3n) is 12.5. The average Bonchev–Trinajstić information content (AvgIpc) is 3.28. The Morgan fingerprint density at radius 3 is 1.02 bits per heavy atom. The van der Waals surface area contributed by atoms with Gasteiger partial charge in [-0.3, -0.25) is 0 Å². The Bertz CT molecular complexity index is 1410. The minimum absolute atomic E-state index is 0. The Hall–Kier alpha value is -1.45. The average molecular weight is 937 g/mol. The molecule has 7 nitrogen and oxygen atoms in total. The number of carbonyl (C=O) groups is 2. The summed E-state index contributed by atoms with van der Waals surface area (Å²) in [5.74, 6) is -1.80. The zero-order valence-corrected chi connectivity index (χ0v) is 45.3. The summed E-state index contributed by atoms with van der Waals surface area (Å²) in [7, 11) is -5.02. The summed E-state index contributed by atoms with van der Waals surface area (Å²) in [5.41, 5.74) is -0.767. The molecule has 0 aliphatic heterocycles. The van der Waals surface area contributed by atoms with Gasteiger partial charge in [0, 0.05) is 0 Å². The summed E-state index contributed by atoms with van der Waals surface area (Å²) in [4.78, 5) is 25.4. The van der Waals surface area contributed by atoms with Crippen LogP contribution < -0.4 is 29.6 Å². The smallest absolute Gasteiger partial charge is 0.744 e. The van der Waals surface area contributed by atoms with Gasteiger partial charge in [-0.2, -0.15) is 0 Å². The van der Waals surface area contributed by atoms with Crippen LogP contribution >= 0.6 is 0 Å². The fourth-order valence-corrected chi connectivity index (χ4v) is 9.11. The van der Waals surface area contributed by atoms with Crippen molar-refractivity contribution in [3.63, 3.8) is 0 Å². The van der Waals surface area contributed by atoms with Crippen LogP contribution in [0.25, 0.3) is 0 Å².